The Morgan fingerprint density at radius 2 is 1.89 bits per heavy atom. The number of rotatable bonds is 9. The molecule has 4 nitrogen and oxygen atoms in total. The fourth-order valence-corrected chi connectivity index (χ4v) is 3.49. The molecule has 0 saturated carbocycles. The second-order valence-electron chi connectivity index (χ2n) is 7.65. The van der Waals surface area contributed by atoms with E-state index in [0.29, 0.717) is 5.75 Å². The predicted molar refractivity (Wildman–Crippen MR) is 118 cm³/mol. The van der Waals surface area contributed by atoms with Crippen molar-refractivity contribution in [1.29, 1.82) is 0 Å². The van der Waals surface area contributed by atoms with Gasteiger partial charge in [0.1, 0.15) is 5.75 Å². The van der Waals surface area contributed by atoms with Crippen LogP contribution in [0.25, 0.3) is 10.9 Å². The monoisotopic (exact) mass is 377 g/mol. The van der Waals surface area contributed by atoms with Crippen molar-refractivity contribution in [3.8, 4) is 5.75 Å². The summed E-state index contributed by atoms with van der Waals surface area (Å²) >= 11 is 0. The first-order valence-electron chi connectivity index (χ1n) is 10.2. The molecule has 0 saturated heterocycles. The van der Waals surface area contributed by atoms with E-state index in [1.165, 1.54) is 31.2 Å². The quantitative estimate of drug-likeness (QED) is 0.354. The van der Waals surface area contributed by atoms with Crippen LogP contribution in [0.5, 0.6) is 5.75 Å². The number of nitrogens with one attached hydrogen (secondary N) is 1. The molecule has 1 aromatic heterocycles. The molecule has 2 N–H and O–H groups in total. The van der Waals surface area contributed by atoms with Crippen LogP contribution in [0.2, 0.25) is 0 Å². The van der Waals surface area contributed by atoms with E-state index in [-0.39, 0.29) is 0 Å². The maximum atomic E-state index is 10.3. The van der Waals surface area contributed by atoms with Crippen LogP contribution in [0, 0.1) is 6.92 Å². The second kappa shape index (κ2) is 9.56. The van der Waals surface area contributed by atoms with Gasteiger partial charge in [-0.3, -0.25) is 4.98 Å². The van der Waals surface area contributed by atoms with Gasteiger partial charge in [-0.2, -0.15) is 0 Å². The van der Waals surface area contributed by atoms with Crippen molar-refractivity contribution in [2.24, 2.45) is 0 Å². The van der Waals surface area contributed by atoms with Gasteiger partial charge in [-0.1, -0.05) is 38.3 Å². The van der Waals surface area contributed by atoms with Crippen molar-refractivity contribution >= 4 is 22.3 Å². The highest BCUT2D eigenvalue weighted by molar-refractivity contribution is 5.93. The van der Waals surface area contributed by atoms with Crippen LogP contribution in [-0.2, 0) is 6.54 Å². The molecule has 0 fully saturated rings. The van der Waals surface area contributed by atoms with E-state index in [1.54, 1.807) is 6.07 Å². The molecule has 0 amide bonds. The Balaban J connectivity index is 1.73. The lowest BCUT2D eigenvalue weighted by Crippen LogP contribution is -2.19. The normalized spacial score (nSPS) is 11.3. The molecular formula is C24H31N3O. The van der Waals surface area contributed by atoms with E-state index in [0.717, 1.165) is 40.9 Å². The fourth-order valence-electron chi connectivity index (χ4n) is 3.49. The van der Waals surface area contributed by atoms with E-state index >= 15 is 0 Å². The Kier molecular flexibility index (Phi) is 6.88. The molecule has 0 bridgehead atoms. The van der Waals surface area contributed by atoms with Crippen molar-refractivity contribution in [1.82, 2.24) is 9.88 Å². The number of anilines is 2. The molecule has 0 aliphatic rings. The third-order valence-electron chi connectivity index (χ3n) is 5.09. The standard InChI is InChI=1S/C24H31N3O/c1-4-5-6-7-14-27(3)17-19-16-20(9-11-24(19)28)26-22-12-13-25-23-15-18(2)8-10-21(22)23/h8-13,15-16,28H,4-7,14,17H2,1-3H3,(H,25,26). The summed E-state index contributed by atoms with van der Waals surface area (Å²) in [4.78, 5) is 6.75. The molecule has 0 spiro atoms. The summed E-state index contributed by atoms with van der Waals surface area (Å²) in [6, 6.07) is 14.0. The van der Waals surface area contributed by atoms with Crippen LogP contribution >= 0.6 is 0 Å². The lowest BCUT2D eigenvalue weighted by atomic mass is 10.1. The van der Waals surface area contributed by atoms with Crippen LogP contribution < -0.4 is 5.32 Å². The van der Waals surface area contributed by atoms with Gasteiger partial charge < -0.3 is 15.3 Å². The SMILES string of the molecule is CCCCCCN(C)Cc1cc(Nc2ccnc3cc(C)ccc23)ccc1O. The van der Waals surface area contributed by atoms with Crippen LogP contribution in [0.4, 0.5) is 11.4 Å². The summed E-state index contributed by atoms with van der Waals surface area (Å²) in [7, 11) is 2.12. The maximum absolute atomic E-state index is 10.3. The number of phenolic OH excluding ortho intramolecular Hbond substituents is 1. The van der Waals surface area contributed by atoms with Gasteiger partial charge in [-0.15, -0.1) is 0 Å². The Morgan fingerprint density at radius 1 is 1.04 bits per heavy atom. The summed E-state index contributed by atoms with van der Waals surface area (Å²) in [6.45, 7) is 6.09. The van der Waals surface area contributed by atoms with E-state index in [4.69, 9.17) is 0 Å². The van der Waals surface area contributed by atoms with Crippen molar-refractivity contribution < 1.29 is 5.11 Å². The summed E-state index contributed by atoms with van der Waals surface area (Å²) < 4.78 is 0. The van der Waals surface area contributed by atoms with Crippen LogP contribution in [0.1, 0.15) is 43.7 Å². The lowest BCUT2D eigenvalue weighted by molar-refractivity contribution is 0.311. The van der Waals surface area contributed by atoms with Crippen LogP contribution in [0.3, 0.4) is 0 Å². The third kappa shape index (κ3) is 5.23. The lowest BCUT2D eigenvalue weighted by Gasteiger charge is -2.18. The van der Waals surface area contributed by atoms with Crippen LogP contribution in [-0.4, -0.2) is 28.6 Å². The van der Waals surface area contributed by atoms with Crippen molar-refractivity contribution in [2.75, 3.05) is 18.9 Å². The van der Waals surface area contributed by atoms with Gasteiger partial charge in [0, 0.05) is 35.1 Å². The fraction of sp³-hybridized carbons (Fsp3) is 0.375. The molecule has 3 rings (SSSR count). The molecule has 28 heavy (non-hydrogen) atoms. The summed E-state index contributed by atoms with van der Waals surface area (Å²) in [5.41, 5.74) is 5.12. The minimum absolute atomic E-state index is 0.348. The van der Waals surface area contributed by atoms with E-state index in [2.05, 4.69) is 54.3 Å². The number of fused-ring (bicyclic) bond motifs is 1. The number of benzene rings is 2. The topological polar surface area (TPSA) is 48.4 Å². The highest BCUT2D eigenvalue weighted by Crippen LogP contribution is 2.29. The Hall–Kier alpha value is -2.59. The van der Waals surface area contributed by atoms with E-state index in [1.807, 2.05) is 24.4 Å². The molecule has 0 atom stereocenters. The minimum Gasteiger partial charge on any atom is -0.508 e. The molecular weight excluding hydrogens is 346 g/mol. The number of nitrogens with zero attached hydrogens (tertiary/aromatic N) is 2. The van der Waals surface area contributed by atoms with Gasteiger partial charge in [0.05, 0.1) is 5.52 Å². The van der Waals surface area contributed by atoms with Gasteiger partial charge in [0.15, 0.2) is 0 Å². The Labute approximate surface area is 168 Å². The number of aryl methyl sites for hydroxylation is 1. The van der Waals surface area contributed by atoms with Crippen molar-refractivity contribution in [3.63, 3.8) is 0 Å². The molecule has 0 aliphatic heterocycles. The van der Waals surface area contributed by atoms with E-state index < -0.39 is 0 Å². The average molecular weight is 378 g/mol. The molecule has 0 radical (unpaired) electrons. The average Bonchev–Trinajstić information content (AvgIpc) is 2.68. The second-order valence-corrected chi connectivity index (χ2v) is 7.65. The van der Waals surface area contributed by atoms with Gasteiger partial charge >= 0.3 is 0 Å². The summed E-state index contributed by atoms with van der Waals surface area (Å²) in [6.07, 6.45) is 6.84. The number of aromatic hydroxyl groups is 1. The first-order valence-corrected chi connectivity index (χ1v) is 10.2. The number of hydrogen-bond donors (Lipinski definition) is 2. The van der Waals surface area contributed by atoms with Gasteiger partial charge in [0.25, 0.3) is 0 Å². The third-order valence-corrected chi connectivity index (χ3v) is 5.09. The molecule has 0 unspecified atom stereocenters. The summed E-state index contributed by atoms with van der Waals surface area (Å²) in [5.74, 6) is 0.348. The number of unbranched alkanes of at least 4 members (excludes halogenated alkanes) is 3. The number of phenols is 1. The van der Waals surface area contributed by atoms with Crippen molar-refractivity contribution in [2.45, 2.75) is 46.1 Å². The Bertz CT molecular complexity index is 923. The summed E-state index contributed by atoms with van der Waals surface area (Å²) in [5, 5.41) is 14.9. The zero-order valence-electron chi connectivity index (χ0n) is 17.2. The van der Waals surface area contributed by atoms with E-state index in [9.17, 15) is 5.11 Å². The molecule has 4 heteroatoms. The smallest absolute Gasteiger partial charge is 0.120 e. The largest absolute Gasteiger partial charge is 0.508 e. The van der Waals surface area contributed by atoms with Gasteiger partial charge in [0.2, 0.25) is 0 Å². The van der Waals surface area contributed by atoms with Gasteiger partial charge in [-0.05, 0) is 62.8 Å². The van der Waals surface area contributed by atoms with Gasteiger partial charge in [-0.25, -0.2) is 0 Å². The number of aromatic nitrogens is 1. The maximum Gasteiger partial charge on any atom is 0.120 e. The Morgan fingerprint density at radius 3 is 2.71 bits per heavy atom. The number of hydrogen-bond acceptors (Lipinski definition) is 4. The molecule has 0 aliphatic carbocycles. The molecule has 148 valence electrons. The predicted octanol–water partition coefficient (Wildman–Crippen LogP) is 6.00. The zero-order valence-corrected chi connectivity index (χ0v) is 17.2. The zero-order chi connectivity index (χ0) is 19.9. The number of pyridine rings is 1. The highest BCUT2D eigenvalue weighted by atomic mass is 16.3. The first kappa shape index (κ1) is 20.2. The van der Waals surface area contributed by atoms with Crippen molar-refractivity contribution in [3.05, 3.63) is 59.8 Å². The molecule has 2 aromatic carbocycles. The minimum atomic E-state index is 0.348. The molecule has 3 aromatic rings. The molecule has 1 heterocycles. The first-order chi connectivity index (χ1) is 13.6. The van der Waals surface area contributed by atoms with Crippen LogP contribution in [0.15, 0.2) is 48.7 Å². The highest BCUT2D eigenvalue weighted by Gasteiger charge is 2.08.